The fourth-order valence-electron chi connectivity index (χ4n) is 2.52. The summed E-state index contributed by atoms with van der Waals surface area (Å²) in [6.07, 6.45) is -1.17. The van der Waals surface area contributed by atoms with Gasteiger partial charge in [-0.15, -0.1) is 0 Å². The van der Waals surface area contributed by atoms with Gasteiger partial charge in [0, 0.05) is 6.21 Å². The first-order chi connectivity index (χ1) is 11.8. The maximum atomic E-state index is 12.5. The molecule has 2 aromatic rings. The monoisotopic (exact) mass is 347 g/mol. The molecule has 1 unspecified atom stereocenters. The molecule has 5 heteroatoms. The molecule has 25 heavy (non-hydrogen) atoms. The van der Waals surface area contributed by atoms with Gasteiger partial charge in [0.1, 0.15) is 0 Å². The molecule has 132 valence electrons. The SMILES string of the molecule is C/C(=C\C=N)c1ccc(C(O)CCc2ccc(C(F)(F)F)cc2)cc1. The van der Waals surface area contributed by atoms with Crippen LogP contribution in [0.2, 0.25) is 0 Å². The second-order valence-corrected chi connectivity index (χ2v) is 5.89. The van der Waals surface area contributed by atoms with Gasteiger partial charge in [-0.2, -0.15) is 13.2 Å². The van der Waals surface area contributed by atoms with Crippen molar-refractivity contribution in [2.24, 2.45) is 0 Å². The van der Waals surface area contributed by atoms with E-state index in [-0.39, 0.29) is 0 Å². The van der Waals surface area contributed by atoms with Crippen molar-refractivity contribution in [1.29, 1.82) is 5.41 Å². The molecule has 2 nitrogen and oxygen atoms in total. The number of nitrogens with one attached hydrogen (secondary N) is 1. The Morgan fingerprint density at radius 3 is 2.20 bits per heavy atom. The molecular formula is C20H20F3NO. The van der Waals surface area contributed by atoms with Gasteiger partial charge in [-0.25, -0.2) is 0 Å². The van der Waals surface area contributed by atoms with E-state index >= 15 is 0 Å². The van der Waals surface area contributed by atoms with E-state index in [0.717, 1.165) is 34.4 Å². The summed E-state index contributed by atoms with van der Waals surface area (Å²) >= 11 is 0. The molecule has 0 aliphatic carbocycles. The summed E-state index contributed by atoms with van der Waals surface area (Å²) in [6, 6.07) is 12.4. The van der Waals surface area contributed by atoms with Crippen molar-refractivity contribution in [1.82, 2.24) is 0 Å². The van der Waals surface area contributed by atoms with E-state index in [1.54, 1.807) is 6.08 Å². The first kappa shape index (κ1) is 18.9. The zero-order chi connectivity index (χ0) is 18.4. The molecular weight excluding hydrogens is 327 g/mol. The number of hydrogen-bond acceptors (Lipinski definition) is 2. The Balaban J connectivity index is 1.97. The van der Waals surface area contributed by atoms with Gasteiger partial charge in [-0.05, 0) is 60.2 Å². The minimum absolute atomic E-state index is 0.431. The fraction of sp³-hybridized carbons (Fsp3) is 0.250. The van der Waals surface area contributed by atoms with E-state index in [1.807, 2.05) is 31.2 Å². The van der Waals surface area contributed by atoms with Crippen LogP contribution < -0.4 is 0 Å². The first-order valence-electron chi connectivity index (χ1n) is 7.93. The zero-order valence-electron chi connectivity index (χ0n) is 13.8. The lowest BCUT2D eigenvalue weighted by Gasteiger charge is -2.13. The van der Waals surface area contributed by atoms with Gasteiger partial charge < -0.3 is 10.5 Å². The molecule has 0 aliphatic rings. The first-order valence-corrected chi connectivity index (χ1v) is 7.93. The summed E-state index contributed by atoms with van der Waals surface area (Å²) in [5.41, 5.74) is 2.79. The highest BCUT2D eigenvalue weighted by Crippen LogP contribution is 2.29. The molecule has 0 heterocycles. The number of aryl methyl sites for hydroxylation is 1. The molecule has 0 amide bonds. The molecule has 0 fully saturated rings. The van der Waals surface area contributed by atoms with E-state index < -0.39 is 17.8 Å². The highest BCUT2D eigenvalue weighted by atomic mass is 19.4. The zero-order valence-corrected chi connectivity index (χ0v) is 13.8. The summed E-state index contributed by atoms with van der Waals surface area (Å²) in [5.74, 6) is 0. The predicted molar refractivity (Wildman–Crippen MR) is 93.6 cm³/mol. The molecule has 2 rings (SSSR count). The Labute approximate surface area is 145 Å². The number of allylic oxidation sites excluding steroid dienone is 2. The van der Waals surface area contributed by atoms with Crippen LogP contribution in [0.5, 0.6) is 0 Å². The lowest BCUT2D eigenvalue weighted by Crippen LogP contribution is -2.05. The van der Waals surface area contributed by atoms with Crippen molar-refractivity contribution in [3.8, 4) is 0 Å². The lowest BCUT2D eigenvalue weighted by molar-refractivity contribution is -0.137. The van der Waals surface area contributed by atoms with E-state index in [2.05, 4.69) is 0 Å². The number of benzene rings is 2. The standard InChI is InChI=1S/C20H20F3NO/c1-14(12-13-24)16-5-7-17(8-6-16)19(25)11-4-15-2-9-18(10-3-15)20(21,22)23/h2-3,5-10,12-13,19,24-25H,4,11H2,1H3/b14-12+,24-13?. The maximum absolute atomic E-state index is 12.5. The normalized spacial score (nSPS) is 13.6. The average Bonchev–Trinajstić information content (AvgIpc) is 2.59. The summed E-state index contributed by atoms with van der Waals surface area (Å²) in [6.45, 7) is 1.90. The van der Waals surface area contributed by atoms with Crippen molar-refractivity contribution >= 4 is 11.8 Å². The van der Waals surface area contributed by atoms with Crippen LogP contribution in [-0.2, 0) is 12.6 Å². The van der Waals surface area contributed by atoms with Crippen LogP contribution in [0.4, 0.5) is 13.2 Å². The van der Waals surface area contributed by atoms with Gasteiger partial charge in [-0.1, -0.05) is 36.4 Å². The second kappa shape index (κ2) is 8.12. The quantitative estimate of drug-likeness (QED) is 0.673. The van der Waals surface area contributed by atoms with Crippen molar-refractivity contribution in [3.63, 3.8) is 0 Å². The highest BCUT2D eigenvalue weighted by molar-refractivity contribution is 5.82. The Morgan fingerprint density at radius 2 is 1.68 bits per heavy atom. The maximum Gasteiger partial charge on any atom is 0.416 e. The molecule has 0 saturated heterocycles. The molecule has 0 radical (unpaired) electrons. The van der Waals surface area contributed by atoms with Crippen molar-refractivity contribution in [2.75, 3.05) is 0 Å². The largest absolute Gasteiger partial charge is 0.416 e. The van der Waals surface area contributed by atoms with Crippen LogP contribution in [0.1, 0.15) is 41.7 Å². The number of halogens is 3. The van der Waals surface area contributed by atoms with Crippen LogP contribution in [0.15, 0.2) is 54.6 Å². The van der Waals surface area contributed by atoms with Crippen LogP contribution in [0.3, 0.4) is 0 Å². The summed E-state index contributed by atoms with van der Waals surface area (Å²) in [7, 11) is 0. The van der Waals surface area contributed by atoms with Gasteiger partial charge in [0.15, 0.2) is 0 Å². The molecule has 0 aromatic heterocycles. The molecule has 1 atom stereocenters. The van der Waals surface area contributed by atoms with Crippen LogP contribution in [-0.4, -0.2) is 11.3 Å². The molecule has 2 aromatic carbocycles. The van der Waals surface area contributed by atoms with Gasteiger partial charge in [-0.3, -0.25) is 0 Å². The minimum Gasteiger partial charge on any atom is -0.388 e. The van der Waals surface area contributed by atoms with Crippen molar-refractivity contribution in [3.05, 3.63) is 76.9 Å². The second-order valence-electron chi connectivity index (χ2n) is 5.89. The number of rotatable bonds is 6. The number of alkyl halides is 3. The van der Waals surface area contributed by atoms with E-state index in [1.165, 1.54) is 18.3 Å². The Morgan fingerprint density at radius 1 is 1.08 bits per heavy atom. The third-order valence-corrected chi connectivity index (χ3v) is 4.07. The molecule has 0 bridgehead atoms. The minimum atomic E-state index is -4.33. The average molecular weight is 347 g/mol. The molecule has 2 N–H and O–H groups in total. The van der Waals surface area contributed by atoms with Crippen molar-refractivity contribution < 1.29 is 18.3 Å². The summed E-state index contributed by atoms with van der Waals surface area (Å²) < 4.78 is 37.6. The summed E-state index contributed by atoms with van der Waals surface area (Å²) in [4.78, 5) is 0. The predicted octanol–water partition coefficient (Wildman–Crippen LogP) is 5.42. The Hall–Kier alpha value is -2.40. The van der Waals surface area contributed by atoms with E-state index in [0.29, 0.717) is 12.8 Å². The number of aliphatic hydroxyl groups is 1. The van der Waals surface area contributed by atoms with Crippen LogP contribution >= 0.6 is 0 Å². The van der Waals surface area contributed by atoms with Gasteiger partial charge in [0.05, 0.1) is 11.7 Å². The number of aliphatic hydroxyl groups excluding tert-OH is 1. The summed E-state index contributed by atoms with van der Waals surface area (Å²) in [5, 5.41) is 17.3. The highest BCUT2D eigenvalue weighted by Gasteiger charge is 2.29. The number of hydrogen-bond donors (Lipinski definition) is 2. The van der Waals surface area contributed by atoms with E-state index in [9.17, 15) is 18.3 Å². The van der Waals surface area contributed by atoms with Gasteiger partial charge in [0.25, 0.3) is 0 Å². The molecule has 0 spiro atoms. The van der Waals surface area contributed by atoms with Crippen LogP contribution in [0.25, 0.3) is 5.57 Å². The fourth-order valence-corrected chi connectivity index (χ4v) is 2.52. The van der Waals surface area contributed by atoms with E-state index in [4.69, 9.17) is 5.41 Å². The smallest absolute Gasteiger partial charge is 0.388 e. The third kappa shape index (κ3) is 5.29. The topological polar surface area (TPSA) is 44.1 Å². The molecule has 0 aliphatic heterocycles. The van der Waals surface area contributed by atoms with Crippen LogP contribution in [0, 0.1) is 5.41 Å². The third-order valence-electron chi connectivity index (χ3n) is 4.07. The lowest BCUT2D eigenvalue weighted by atomic mass is 9.98. The Bertz CT molecular complexity index is 731. The van der Waals surface area contributed by atoms with Gasteiger partial charge in [0.2, 0.25) is 0 Å². The Kier molecular flexibility index (Phi) is 6.15. The van der Waals surface area contributed by atoms with Gasteiger partial charge >= 0.3 is 6.18 Å². The molecule has 0 saturated carbocycles. The van der Waals surface area contributed by atoms with Crippen molar-refractivity contribution in [2.45, 2.75) is 32.0 Å².